The zero-order chi connectivity index (χ0) is 32.6. The summed E-state index contributed by atoms with van der Waals surface area (Å²) in [4.78, 5) is 28.6. The fourth-order valence-electron chi connectivity index (χ4n) is 4.84. The highest BCUT2D eigenvalue weighted by molar-refractivity contribution is 8.00. The van der Waals surface area contributed by atoms with Crippen molar-refractivity contribution in [2.24, 2.45) is 0 Å². The lowest BCUT2D eigenvalue weighted by atomic mass is 9.95. The standard InChI is InChI=1S/C34H34FN3O6S2/c1-4-6-18-44-26-16-13-22(19-27(26)42-3)29-28(30(39)21-11-14-24(15-12-21)43-17-5-2)31(40)32(41)38(29)33-36-37-34(46-33)45-20-23-9-7-8-10-25(23)35/h7-16,19,29,39H,4-6,17-18,20H2,1-3H3/b30-28-. The van der Waals surface area contributed by atoms with E-state index in [1.165, 1.54) is 29.8 Å². The number of unbranched alkanes of at least 4 members (excludes halogenated alkanes) is 1. The molecule has 12 heteroatoms. The molecule has 3 aromatic carbocycles. The molecule has 1 aromatic heterocycles. The van der Waals surface area contributed by atoms with Gasteiger partial charge in [-0.2, -0.15) is 0 Å². The second-order valence-corrected chi connectivity index (χ2v) is 12.6. The molecule has 1 fully saturated rings. The van der Waals surface area contributed by atoms with E-state index in [0.29, 0.717) is 57.2 Å². The molecule has 1 N–H and O–H groups in total. The molecule has 0 saturated carbocycles. The molecule has 1 saturated heterocycles. The van der Waals surface area contributed by atoms with E-state index >= 15 is 0 Å². The van der Waals surface area contributed by atoms with E-state index < -0.39 is 17.7 Å². The van der Waals surface area contributed by atoms with Crippen LogP contribution in [0, 0.1) is 5.82 Å². The lowest BCUT2D eigenvalue weighted by molar-refractivity contribution is -0.132. The number of rotatable bonds is 14. The van der Waals surface area contributed by atoms with Crippen molar-refractivity contribution in [1.29, 1.82) is 0 Å². The Morgan fingerprint density at radius 1 is 0.978 bits per heavy atom. The van der Waals surface area contributed by atoms with Gasteiger partial charge in [-0.25, -0.2) is 4.39 Å². The van der Waals surface area contributed by atoms with E-state index in [-0.39, 0.29) is 22.3 Å². The number of aromatic nitrogens is 2. The molecule has 0 bridgehead atoms. The van der Waals surface area contributed by atoms with Gasteiger partial charge in [0.15, 0.2) is 15.8 Å². The van der Waals surface area contributed by atoms with Crippen molar-refractivity contribution in [2.45, 2.75) is 49.2 Å². The smallest absolute Gasteiger partial charge is 0.301 e. The zero-order valence-corrected chi connectivity index (χ0v) is 27.3. The van der Waals surface area contributed by atoms with Crippen molar-refractivity contribution in [2.75, 3.05) is 25.2 Å². The minimum Gasteiger partial charge on any atom is -0.507 e. The zero-order valence-electron chi connectivity index (χ0n) is 25.7. The molecule has 0 radical (unpaired) electrons. The molecular formula is C34H34FN3O6S2. The molecular weight excluding hydrogens is 630 g/mol. The Morgan fingerprint density at radius 2 is 1.76 bits per heavy atom. The first-order valence-corrected chi connectivity index (χ1v) is 16.7. The Bertz CT molecular complexity index is 1730. The van der Waals surface area contributed by atoms with Crippen molar-refractivity contribution in [1.82, 2.24) is 10.2 Å². The Kier molecular flexibility index (Phi) is 10.9. The van der Waals surface area contributed by atoms with Crippen LogP contribution < -0.4 is 19.1 Å². The molecule has 0 aliphatic carbocycles. The highest BCUT2D eigenvalue weighted by Gasteiger charge is 2.48. The summed E-state index contributed by atoms with van der Waals surface area (Å²) >= 11 is 2.37. The van der Waals surface area contributed by atoms with E-state index in [1.807, 2.05) is 6.92 Å². The van der Waals surface area contributed by atoms with Gasteiger partial charge in [-0.15, -0.1) is 10.2 Å². The number of ether oxygens (including phenoxy) is 3. The number of carbonyl (C=O) groups excluding carboxylic acids is 2. The van der Waals surface area contributed by atoms with Crippen molar-refractivity contribution < 1.29 is 33.3 Å². The monoisotopic (exact) mass is 663 g/mol. The molecule has 9 nitrogen and oxygen atoms in total. The van der Waals surface area contributed by atoms with Gasteiger partial charge in [0.05, 0.1) is 31.9 Å². The normalized spacial score (nSPS) is 15.7. The van der Waals surface area contributed by atoms with Gasteiger partial charge in [-0.05, 0) is 66.4 Å². The summed E-state index contributed by atoms with van der Waals surface area (Å²) in [6.07, 6.45) is 2.66. The van der Waals surface area contributed by atoms with Crippen molar-refractivity contribution in [3.05, 3.63) is 94.8 Å². The van der Waals surface area contributed by atoms with Crippen LogP contribution >= 0.6 is 23.1 Å². The molecule has 1 amide bonds. The van der Waals surface area contributed by atoms with E-state index in [4.69, 9.17) is 14.2 Å². The lowest BCUT2D eigenvalue weighted by Crippen LogP contribution is -2.29. The number of aliphatic hydroxyl groups is 1. The molecule has 1 aliphatic rings. The van der Waals surface area contributed by atoms with Crippen LogP contribution in [0.2, 0.25) is 0 Å². The lowest BCUT2D eigenvalue weighted by Gasteiger charge is -2.23. The van der Waals surface area contributed by atoms with Crippen LogP contribution in [0.3, 0.4) is 0 Å². The Hall–Kier alpha value is -4.42. The molecule has 240 valence electrons. The molecule has 2 heterocycles. The van der Waals surface area contributed by atoms with Gasteiger partial charge in [-0.1, -0.05) is 67.6 Å². The third-order valence-corrected chi connectivity index (χ3v) is 9.32. The molecule has 5 rings (SSSR count). The van der Waals surface area contributed by atoms with Crippen LogP contribution in [0.5, 0.6) is 17.2 Å². The first-order valence-electron chi connectivity index (χ1n) is 14.9. The molecule has 1 atom stereocenters. The summed E-state index contributed by atoms with van der Waals surface area (Å²) < 4.78 is 31.9. The molecule has 0 spiro atoms. The van der Waals surface area contributed by atoms with E-state index in [0.717, 1.165) is 30.6 Å². The summed E-state index contributed by atoms with van der Waals surface area (Å²) in [7, 11) is 1.51. The van der Waals surface area contributed by atoms with Gasteiger partial charge in [0, 0.05) is 11.3 Å². The van der Waals surface area contributed by atoms with Gasteiger partial charge in [-0.3, -0.25) is 14.5 Å². The number of benzene rings is 3. The first kappa shape index (κ1) is 33.0. The molecule has 46 heavy (non-hydrogen) atoms. The predicted octanol–water partition coefficient (Wildman–Crippen LogP) is 7.57. The third kappa shape index (κ3) is 7.18. The largest absolute Gasteiger partial charge is 0.507 e. The van der Waals surface area contributed by atoms with Crippen LogP contribution in [0.15, 0.2) is 76.6 Å². The second kappa shape index (κ2) is 15.2. The number of hydrogen-bond donors (Lipinski definition) is 1. The first-order chi connectivity index (χ1) is 22.4. The Labute approximate surface area is 275 Å². The Balaban J connectivity index is 1.54. The van der Waals surface area contributed by atoms with Crippen molar-refractivity contribution in [3.63, 3.8) is 0 Å². The van der Waals surface area contributed by atoms with Crippen LogP contribution in [-0.2, 0) is 15.3 Å². The highest BCUT2D eigenvalue weighted by Crippen LogP contribution is 2.45. The summed E-state index contributed by atoms with van der Waals surface area (Å²) in [6, 6.07) is 17.2. The minimum atomic E-state index is -1.05. The number of thioether (sulfide) groups is 1. The van der Waals surface area contributed by atoms with Gasteiger partial charge >= 0.3 is 5.91 Å². The SMILES string of the molecule is CCCCOc1ccc(C2/C(=C(/O)c3ccc(OCCC)cc3)C(=O)C(=O)N2c2nnc(SCc3ccccc3F)s2)cc1OC. The number of anilines is 1. The van der Waals surface area contributed by atoms with E-state index in [2.05, 4.69) is 17.1 Å². The van der Waals surface area contributed by atoms with E-state index in [9.17, 15) is 19.1 Å². The number of aliphatic hydroxyl groups excluding tert-OH is 1. The van der Waals surface area contributed by atoms with Crippen molar-refractivity contribution in [3.8, 4) is 17.2 Å². The second-order valence-electron chi connectivity index (χ2n) is 10.4. The molecule has 1 aliphatic heterocycles. The van der Waals surface area contributed by atoms with E-state index in [1.54, 1.807) is 60.7 Å². The molecule has 4 aromatic rings. The summed E-state index contributed by atoms with van der Waals surface area (Å²) in [5, 5.41) is 20.2. The number of amides is 1. The Morgan fingerprint density at radius 3 is 2.48 bits per heavy atom. The number of Topliss-reactive ketones (excluding diaryl/α,β-unsaturated/α-hetero) is 1. The van der Waals surface area contributed by atoms with Crippen LogP contribution in [0.25, 0.3) is 5.76 Å². The fraction of sp³-hybridized carbons (Fsp3) is 0.294. The number of ketones is 1. The average Bonchev–Trinajstić information content (AvgIpc) is 3.65. The third-order valence-electron chi connectivity index (χ3n) is 7.21. The maximum absolute atomic E-state index is 14.2. The van der Waals surface area contributed by atoms with Gasteiger partial charge < -0.3 is 19.3 Å². The quantitative estimate of drug-likeness (QED) is 0.0365. The van der Waals surface area contributed by atoms with Gasteiger partial charge in [0.1, 0.15) is 17.3 Å². The van der Waals surface area contributed by atoms with Gasteiger partial charge in [0.25, 0.3) is 5.78 Å². The summed E-state index contributed by atoms with van der Waals surface area (Å²) in [5.74, 6) is -0.547. The maximum atomic E-state index is 14.2. The number of nitrogens with zero attached hydrogens (tertiary/aromatic N) is 3. The number of methoxy groups -OCH3 is 1. The number of carbonyl (C=O) groups is 2. The number of halogens is 1. The minimum absolute atomic E-state index is 0.107. The topological polar surface area (TPSA) is 111 Å². The predicted molar refractivity (Wildman–Crippen MR) is 176 cm³/mol. The average molecular weight is 664 g/mol. The van der Waals surface area contributed by atoms with Crippen LogP contribution in [0.4, 0.5) is 9.52 Å². The highest BCUT2D eigenvalue weighted by atomic mass is 32.2. The summed E-state index contributed by atoms with van der Waals surface area (Å²) in [5.41, 5.74) is 1.24. The van der Waals surface area contributed by atoms with Crippen LogP contribution in [0.1, 0.15) is 55.8 Å². The van der Waals surface area contributed by atoms with Gasteiger partial charge in [0.2, 0.25) is 5.13 Å². The number of hydrogen-bond acceptors (Lipinski definition) is 10. The van der Waals surface area contributed by atoms with Crippen LogP contribution in [-0.4, -0.2) is 47.3 Å². The van der Waals surface area contributed by atoms with Crippen molar-refractivity contribution >= 4 is 45.7 Å². The maximum Gasteiger partial charge on any atom is 0.301 e. The summed E-state index contributed by atoms with van der Waals surface area (Å²) in [6.45, 7) is 5.11. The molecule has 1 unspecified atom stereocenters. The fourth-order valence-corrected chi connectivity index (χ4v) is 6.70.